The zero-order chi connectivity index (χ0) is 22.7. The number of carbonyl (C=O) groups is 1. The van der Waals surface area contributed by atoms with Gasteiger partial charge in [0.15, 0.2) is 0 Å². The SMILES string of the molecule is CC1CN(Cc2ccc(CNc3ccc(C(=O)NC4CC4)cc3[N+](=O)[O-])cc2)CC(C)O1. The highest BCUT2D eigenvalue weighted by Crippen LogP contribution is 2.27. The fourth-order valence-electron chi connectivity index (χ4n) is 4.10. The molecule has 2 N–H and O–H groups in total. The van der Waals surface area contributed by atoms with E-state index in [0.29, 0.717) is 17.8 Å². The zero-order valence-corrected chi connectivity index (χ0v) is 18.5. The maximum atomic E-state index is 12.2. The number of morpholine rings is 1. The lowest BCUT2D eigenvalue weighted by Gasteiger charge is -2.35. The van der Waals surface area contributed by atoms with Crippen molar-refractivity contribution in [3.63, 3.8) is 0 Å². The number of anilines is 1. The van der Waals surface area contributed by atoms with Crippen molar-refractivity contribution in [1.82, 2.24) is 10.2 Å². The van der Waals surface area contributed by atoms with E-state index in [1.54, 1.807) is 12.1 Å². The number of benzene rings is 2. The molecule has 170 valence electrons. The lowest BCUT2D eigenvalue weighted by atomic mass is 10.1. The summed E-state index contributed by atoms with van der Waals surface area (Å²) in [4.78, 5) is 25.7. The number of nitrogens with zero attached hydrogens (tertiary/aromatic N) is 2. The summed E-state index contributed by atoms with van der Waals surface area (Å²) in [5.74, 6) is -0.262. The van der Waals surface area contributed by atoms with Crippen molar-refractivity contribution in [1.29, 1.82) is 0 Å². The predicted molar refractivity (Wildman–Crippen MR) is 123 cm³/mol. The molecular formula is C24H30N4O4. The van der Waals surface area contributed by atoms with E-state index in [2.05, 4.69) is 41.5 Å². The average Bonchev–Trinajstić information content (AvgIpc) is 3.56. The normalized spacial score (nSPS) is 21.2. The van der Waals surface area contributed by atoms with Gasteiger partial charge in [-0.2, -0.15) is 0 Å². The quantitative estimate of drug-likeness (QED) is 0.482. The molecule has 1 aliphatic heterocycles. The average molecular weight is 439 g/mol. The van der Waals surface area contributed by atoms with Gasteiger partial charge >= 0.3 is 0 Å². The minimum absolute atomic E-state index is 0.0966. The van der Waals surface area contributed by atoms with Crippen LogP contribution >= 0.6 is 0 Å². The fourth-order valence-corrected chi connectivity index (χ4v) is 4.10. The van der Waals surface area contributed by atoms with Crippen LogP contribution in [0, 0.1) is 10.1 Å². The number of ether oxygens (including phenoxy) is 1. The molecule has 2 aromatic carbocycles. The Labute approximate surface area is 188 Å². The van der Waals surface area contributed by atoms with Crippen LogP contribution in [0.2, 0.25) is 0 Å². The van der Waals surface area contributed by atoms with Crippen LogP contribution in [-0.2, 0) is 17.8 Å². The third-order valence-electron chi connectivity index (χ3n) is 5.78. The van der Waals surface area contributed by atoms with Crippen molar-refractivity contribution >= 4 is 17.3 Å². The molecule has 1 amide bonds. The Morgan fingerprint density at radius 2 is 1.75 bits per heavy atom. The summed E-state index contributed by atoms with van der Waals surface area (Å²) in [5.41, 5.74) is 2.87. The topological polar surface area (TPSA) is 96.7 Å². The van der Waals surface area contributed by atoms with E-state index in [1.165, 1.54) is 11.6 Å². The van der Waals surface area contributed by atoms with Crippen LogP contribution < -0.4 is 10.6 Å². The standard InChI is InChI=1S/C24H30N4O4/c1-16-13-27(14-17(2)32-16)15-19-5-3-18(4-6-19)12-25-22-10-7-20(11-23(22)28(30)31)24(29)26-21-8-9-21/h3-7,10-11,16-17,21,25H,8-9,12-15H2,1-2H3,(H,26,29). The van der Waals surface area contributed by atoms with E-state index in [4.69, 9.17) is 4.74 Å². The van der Waals surface area contributed by atoms with Gasteiger partial charge in [-0.1, -0.05) is 24.3 Å². The number of nitro groups is 1. The fraction of sp³-hybridized carbons (Fsp3) is 0.458. The van der Waals surface area contributed by atoms with Gasteiger partial charge in [0.25, 0.3) is 11.6 Å². The lowest BCUT2D eigenvalue weighted by molar-refractivity contribution is -0.384. The Hall–Kier alpha value is -2.97. The number of hydrogen-bond acceptors (Lipinski definition) is 6. The van der Waals surface area contributed by atoms with Gasteiger partial charge < -0.3 is 15.4 Å². The van der Waals surface area contributed by atoms with E-state index < -0.39 is 4.92 Å². The van der Waals surface area contributed by atoms with Crippen LogP contribution in [0.1, 0.15) is 48.2 Å². The summed E-state index contributed by atoms with van der Waals surface area (Å²) >= 11 is 0. The second-order valence-electron chi connectivity index (χ2n) is 8.86. The van der Waals surface area contributed by atoms with Crippen molar-refractivity contribution in [3.05, 3.63) is 69.3 Å². The number of amides is 1. The van der Waals surface area contributed by atoms with Crippen molar-refractivity contribution < 1.29 is 14.5 Å². The molecule has 1 saturated heterocycles. The van der Waals surface area contributed by atoms with Crippen LogP contribution in [0.25, 0.3) is 0 Å². The maximum absolute atomic E-state index is 12.2. The maximum Gasteiger partial charge on any atom is 0.293 e. The largest absolute Gasteiger partial charge is 0.375 e. The Morgan fingerprint density at radius 1 is 1.09 bits per heavy atom. The first-order valence-electron chi connectivity index (χ1n) is 11.2. The summed E-state index contributed by atoms with van der Waals surface area (Å²) in [6.45, 7) is 7.38. The second-order valence-corrected chi connectivity index (χ2v) is 8.86. The van der Waals surface area contributed by atoms with E-state index in [1.807, 2.05) is 12.1 Å². The van der Waals surface area contributed by atoms with Gasteiger partial charge in [0, 0.05) is 43.9 Å². The van der Waals surface area contributed by atoms with E-state index >= 15 is 0 Å². The minimum atomic E-state index is -0.455. The molecule has 8 heteroatoms. The monoisotopic (exact) mass is 438 g/mol. The first-order valence-corrected chi connectivity index (χ1v) is 11.2. The molecule has 8 nitrogen and oxygen atoms in total. The number of carbonyl (C=O) groups excluding carboxylic acids is 1. The molecule has 0 radical (unpaired) electrons. The molecule has 32 heavy (non-hydrogen) atoms. The van der Waals surface area contributed by atoms with E-state index in [-0.39, 0.29) is 29.8 Å². The highest BCUT2D eigenvalue weighted by Gasteiger charge is 2.25. The lowest BCUT2D eigenvalue weighted by Crippen LogP contribution is -2.44. The highest BCUT2D eigenvalue weighted by atomic mass is 16.6. The third kappa shape index (κ3) is 5.83. The predicted octanol–water partition coefficient (Wildman–Crippen LogP) is 3.71. The first-order chi connectivity index (χ1) is 15.4. The molecule has 0 aromatic heterocycles. The smallest absolute Gasteiger partial charge is 0.293 e. The van der Waals surface area contributed by atoms with Crippen LogP contribution in [0.3, 0.4) is 0 Å². The first kappa shape index (κ1) is 22.2. The highest BCUT2D eigenvalue weighted by molar-refractivity contribution is 5.96. The van der Waals surface area contributed by atoms with Crippen LogP contribution in [-0.4, -0.2) is 47.1 Å². The molecule has 2 fully saturated rings. The van der Waals surface area contributed by atoms with E-state index in [0.717, 1.165) is 38.0 Å². The van der Waals surface area contributed by atoms with Crippen LogP contribution in [0.5, 0.6) is 0 Å². The van der Waals surface area contributed by atoms with Gasteiger partial charge in [-0.15, -0.1) is 0 Å². The number of hydrogen-bond donors (Lipinski definition) is 2. The summed E-state index contributed by atoms with van der Waals surface area (Å²) < 4.78 is 5.79. The van der Waals surface area contributed by atoms with Crippen molar-refractivity contribution in [2.75, 3.05) is 18.4 Å². The number of rotatable bonds is 8. The number of nitro benzene ring substituents is 1. The van der Waals surface area contributed by atoms with Gasteiger partial charge in [0.2, 0.25) is 0 Å². The Bertz CT molecular complexity index is 964. The Morgan fingerprint density at radius 3 is 2.38 bits per heavy atom. The van der Waals surface area contributed by atoms with E-state index in [9.17, 15) is 14.9 Å². The molecule has 1 aliphatic carbocycles. The molecule has 2 unspecified atom stereocenters. The third-order valence-corrected chi connectivity index (χ3v) is 5.78. The molecule has 2 aliphatic rings. The van der Waals surface area contributed by atoms with Crippen molar-refractivity contribution in [3.8, 4) is 0 Å². The van der Waals surface area contributed by atoms with Gasteiger partial charge in [0.05, 0.1) is 17.1 Å². The Balaban J connectivity index is 1.36. The summed E-state index contributed by atoms with van der Waals surface area (Å²) in [5, 5.41) is 17.5. The molecule has 2 aromatic rings. The molecule has 1 saturated carbocycles. The van der Waals surface area contributed by atoms with Crippen LogP contribution in [0.4, 0.5) is 11.4 Å². The summed E-state index contributed by atoms with van der Waals surface area (Å²) in [6.07, 6.45) is 2.42. The molecule has 0 spiro atoms. The van der Waals surface area contributed by atoms with Crippen molar-refractivity contribution in [2.45, 2.75) is 58.0 Å². The van der Waals surface area contributed by atoms with Gasteiger partial charge in [-0.05, 0) is 49.9 Å². The molecule has 2 atom stereocenters. The summed E-state index contributed by atoms with van der Waals surface area (Å²) in [7, 11) is 0. The van der Waals surface area contributed by atoms with Gasteiger partial charge in [-0.25, -0.2) is 0 Å². The molecule has 4 rings (SSSR count). The molecule has 0 bridgehead atoms. The second kappa shape index (κ2) is 9.67. The molecule has 1 heterocycles. The summed E-state index contributed by atoms with van der Waals surface area (Å²) in [6, 6.07) is 13.1. The minimum Gasteiger partial charge on any atom is -0.375 e. The number of nitrogens with one attached hydrogen (secondary N) is 2. The van der Waals surface area contributed by atoms with Gasteiger partial charge in [-0.3, -0.25) is 19.8 Å². The van der Waals surface area contributed by atoms with Crippen molar-refractivity contribution in [2.24, 2.45) is 0 Å². The van der Waals surface area contributed by atoms with Gasteiger partial charge in [0.1, 0.15) is 5.69 Å². The Kier molecular flexibility index (Phi) is 6.72. The van der Waals surface area contributed by atoms with Crippen LogP contribution in [0.15, 0.2) is 42.5 Å². The zero-order valence-electron chi connectivity index (χ0n) is 18.5. The molecular weight excluding hydrogens is 408 g/mol.